The molecule has 1 unspecified atom stereocenters. The first-order valence-corrected chi connectivity index (χ1v) is 7.40. The Morgan fingerprint density at radius 1 is 1.53 bits per heavy atom. The molecule has 2 nitrogen and oxygen atoms in total. The van der Waals surface area contributed by atoms with Crippen LogP contribution in [0.5, 0.6) is 0 Å². The van der Waals surface area contributed by atoms with Crippen LogP contribution >= 0.6 is 27.3 Å². The summed E-state index contributed by atoms with van der Waals surface area (Å²) in [6.07, 6.45) is 3.82. The van der Waals surface area contributed by atoms with Crippen LogP contribution in [0.1, 0.15) is 24.7 Å². The molecule has 1 atom stereocenters. The number of rotatable bonds is 6. The molecule has 0 amide bonds. The Bertz CT molecular complexity index is 438. The summed E-state index contributed by atoms with van der Waals surface area (Å²) in [6.45, 7) is 3.14. The fourth-order valence-electron chi connectivity index (χ4n) is 1.65. The number of nitrogens with one attached hydrogen (secondary N) is 1. The fraction of sp³-hybridized carbons (Fsp3) is 0.385. The molecule has 0 spiro atoms. The molecule has 2 aromatic rings. The fourth-order valence-corrected chi connectivity index (χ4v) is 2.86. The molecular formula is C13H16BrNOS. The van der Waals surface area contributed by atoms with Crippen LogP contribution in [0.15, 0.2) is 38.0 Å². The first-order valence-electron chi connectivity index (χ1n) is 5.72. The molecule has 0 saturated carbocycles. The first-order chi connectivity index (χ1) is 8.24. The Morgan fingerprint density at radius 2 is 2.41 bits per heavy atom. The van der Waals surface area contributed by atoms with Gasteiger partial charge in [0.05, 0.1) is 10.0 Å². The number of aryl methyl sites for hydroxylation is 1. The van der Waals surface area contributed by atoms with Gasteiger partial charge in [0, 0.05) is 19.0 Å². The molecule has 17 heavy (non-hydrogen) atoms. The van der Waals surface area contributed by atoms with Gasteiger partial charge in [-0.1, -0.05) is 0 Å². The molecule has 0 aliphatic heterocycles. The van der Waals surface area contributed by atoms with Gasteiger partial charge in [-0.3, -0.25) is 0 Å². The predicted octanol–water partition coefficient (Wildman–Crippen LogP) is 4.21. The van der Waals surface area contributed by atoms with E-state index in [2.05, 4.69) is 39.6 Å². The van der Waals surface area contributed by atoms with Crippen LogP contribution in [0, 0.1) is 0 Å². The van der Waals surface area contributed by atoms with Crippen molar-refractivity contribution in [1.82, 2.24) is 5.32 Å². The summed E-state index contributed by atoms with van der Waals surface area (Å²) in [6, 6.07) is 6.63. The first kappa shape index (κ1) is 12.9. The van der Waals surface area contributed by atoms with E-state index in [1.807, 2.05) is 12.1 Å². The summed E-state index contributed by atoms with van der Waals surface area (Å²) in [4.78, 5) is 0. The van der Waals surface area contributed by atoms with Gasteiger partial charge in [0.1, 0.15) is 5.76 Å². The lowest BCUT2D eigenvalue weighted by atomic mass is 10.1. The molecule has 2 heterocycles. The second kappa shape index (κ2) is 6.38. The molecule has 1 N–H and O–H groups in total. The van der Waals surface area contributed by atoms with Crippen molar-refractivity contribution >= 4 is 27.3 Å². The molecule has 0 bridgehead atoms. The van der Waals surface area contributed by atoms with Crippen LogP contribution in [0.3, 0.4) is 0 Å². The minimum Gasteiger partial charge on any atom is -0.469 e. The van der Waals surface area contributed by atoms with Crippen LogP contribution in [-0.4, -0.2) is 6.04 Å². The van der Waals surface area contributed by atoms with Gasteiger partial charge in [0.2, 0.25) is 0 Å². The Labute approximate surface area is 114 Å². The smallest absolute Gasteiger partial charge is 0.103 e. The lowest BCUT2D eigenvalue weighted by molar-refractivity contribution is 0.460. The summed E-state index contributed by atoms with van der Waals surface area (Å²) < 4.78 is 6.51. The van der Waals surface area contributed by atoms with Gasteiger partial charge in [-0.05, 0) is 58.4 Å². The van der Waals surface area contributed by atoms with E-state index in [0.717, 1.165) is 25.1 Å². The standard InChI is InChI=1S/C13H16BrNOS/c1-10(4-5-12-3-2-6-16-12)15-8-11-7-13(14)17-9-11/h2-3,6-7,9-10,15H,4-5,8H2,1H3. The monoisotopic (exact) mass is 313 g/mol. The van der Waals surface area contributed by atoms with Crippen LogP contribution < -0.4 is 5.32 Å². The minimum absolute atomic E-state index is 0.499. The maximum absolute atomic E-state index is 5.32. The molecule has 0 aromatic carbocycles. The molecular weight excluding hydrogens is 298 g/mol. The SMILES string of the molecule is CC(CCc1ccco1)NCc1csc(Br)c1. The van der Waals surface area contributed by atoms with Crippen LogP contribution in [0.25, 0.3) is 0 Å². The lowest BCUT2D eigenvalue weighted by Crippen LogP contribution is -2.25. The van der Waals surface area contributed by atoms with Gasteiger partial charge in [0.15, 0.2) is 0 Å². The van der Waals surface area contributed by atoms with Gasteiger partial charge in [-0.15, -0.1) is 11.3 Å². The van der Waals surface area contributed by atoms with Crippen molar-refractivity contribution in [2.24, 2.45) is 0 Å². The van der Waals surface area contributed by atoms with E-state index in [0.29, 0.717) is 6.04 Å². The molecule has 2 aromatic heterocycles. The van der Waals surface area contributed by atoms with Gasteiger partial charge in [0.25, 0.3) is 0 Å². The van der Waals surface area contributed by atoms with E-state index < -0.39 is 0 Å². The van der Waals surface area contributed by atoms with Gasteiger partial charge >= 0.3 is 0 Å². The van der Waals surface area contributed by atoms with Gasteiger partial charge < -0.3 is 9.73 Å². The molecule has 2 rings (SSSR count). The third-order valence-electron chi connectivity index (χ3n) is 2.68. The summed E-state index contributed by atoms with van der Waals surface area (Å²) in [5, 5.41) is 5.70. The summed E-state index contributed by atoms with van der Waals surface area (Å²) >= 11 is 5.20. The van der Waals surface area contributed by atoms with Crippen molar-refractivity contribution in [3.63, 3.8) is 0 Å². The van der Waals surface area contributed by atoms with Crippen molar-refractivity contribution in [2.75, 3.05) is 0 Å². The van der Waals surface area contributed by atoms with Crippen LogP contribution in [0.4, 0.5) is 0 Å². The quantitative estimate of drug-likeness (QED) is 0.864. The van der Waals surface area contributed by atoms with E-state index in [-0.39, 0.29) is 0 Å². The molecule has 0 fully saturated rings. The van der Waals surface area contributed by atoms with E-state index in [9.17, 15) is 0 Å². The number of halogens is 1. The van der Waals surface area contributed by atoms with Crippen molar-refractivity contribution in [3.8, 4) is 0 Å². The van der Waals surface area contributed by atoms with Crippen LogP contribution in [-0.2, 0) is 13.0 Å². The number of hydrogen-bond donors (Lipinski definition) is 1. The minimum atomic E-state index is 0.499. The number of furan rings is 1. The highest BCUT2D eigenvalue weighted by molar-refractivity contribution is 9.11. The molecule has 92 valence electrons. The maximum atomic E-state index is 5.32. The zero-order valence-corrected chi connectivity index (χ0v) is 12.2. The second-order valence-corrected chi connectivity index (χ2v) is 6.45. The van der Waals surface area contributed by atoms with E-state index in [1.165, 1.54) is 9.35 Å². The van der Waals surface area contributed by atoms with Crippen molar-refractivity contribution in [2.45, 2.75) is 32.4 Å². The Balaban J connectivity index is 1.69. The normalized spacial score (nSPS) is 12.8. The van der Waals surface area contributed by atoms with Gasteiger partial charge in [-0.25, -0.2) is 0 Å². The zero-order valence-electron chi connectivity index (χ0n) is 9.78. The third kappa shape index (κ3) is 4.30. The van der Waals surface area contributed by atoms with Crippen LogP contribution in [0.2, 0.25) is 0 Å². The average molecular weight is 314 g/mol. The Morgan fingerprint density at radius 3 is 3.06 bits per heavy atom. The summed E-state index contributed by atoms with van der Waals surface area (Å²) in [5.74, 6) is 1.07. The maximum Gasteiger partial charge on any atom is 0.103 e. The molecule has 0 aliphatic rings. The molecule has 0 radical (unpaired) electrons. The second-order valence-electron chi connectivity index (χ2n) is 4.16. The third-order valence-corrected chi connectivity index (χ3v) is 4.23. The summed E-state index contributed by atoms with van der Waals surface area (Å²) in [5.41, 5.74) is 1.34. The topological polar surface area (TPSA) is 25.2 Å². The van der Waals surface area contributed by atoms with Crippen molar-refractivity contribution < 1.29 is 4.42 Å². The van der Waals surface area contributed by atoms with E-state index >= 15 is 0 Å². The summed E-state index contributed by atoms with van der Waals surface area (Å²) in [7, 11) is 0. The number of thiophene rings is 1. The zero-order chi connectivity index (χ0) is 12.1. The largest absolute Gasteiger partial charge is 0.469 e. The highest BCUT2D eigenvalue weighted by Crippen LogP contribution is 2.20. The van der Waals surface area contributed by atoms with Gasteiger partial charge in [-0.2, -0.15) is 0 Å². The molecule has 0 aliphatic carbocycles. The highest BCUT2D eigenvalue weighted by Gasteiger charge is 2.04. The molecule has 0 saturated heterocycles. The van der Waals surface area contributed by atoms with E-state index in [4.69, 9.17) is 4.42 Å². The Hall–Kier alpha value is -0.580. The predicted molar refractivity (Wildman–Crippen MR) is 75.3 cm³/mol. The van der Waals surface area contributed by atoms with Crippen molar-refractivity contribution in [1.29, 1.82) is 0 Å². The molecule has 4 heteroatoms. The Kier molecular flexibility index (Phi) is 4.83. The lowest BCUT2D eigenvalue weighted by Gasteiger charge is -2.12. The number of hydrogen-bond acceptors (Lipinski definition) is 3. The van der Waals surface area contributed by atoms with Crippen molar-refractivity contribution in [3.05, 3.63) is 45.0 Å². The average Bonchev–Trinajstić information content (AvgIpc) is 2.95. The highest BCUT2D eigenvalue weighted by atomic mass is 79.9. The van der Waals surface area contributed by atoms with E-state index in [1.54, 1.807) is 17.6 Å².